The first-order chi connectivity index (χ1) is 15.5. The van der Waals surface area contributed by atoms with E-state index < -0.39 is 17.7 Å². The first-order valence-corrected chi connectivity index (χ1v) is 10.5. The molecule has 1 amide bonds. The third kappa shape index (κ3) is 3.62. The highest BCUT2D eigenvalue weighted by molar-refractivity contribution is 6.46. The Labute approximate surface area is 185 Å². The first kappa shape index (κ1) is 21.5. The van der Waals surface area contributed by atoms with Crippen molar-refractivity contribution in [3.63, 3.8) is 0 Å². The van der Waals surface area contributed by atoms with Crippen molar-refractivity contribution >= 4 is 17.4 Å². The molecule has 168 valence electrons. The lowest BCUT2D eigenvalue weighted by molar-refractivity contribution is -0.139. The van der Waals surface area contributed by atoms with Crippen molar-refractivity contribution < 1.29 is 33.6 Å². The summed E-state index contributed by atoms with van der Waals surface area (Å²) in [5.41, 5.74) is 1.03. The van der Waals surface area contributed by atoms with Gasteiger partial charge in [-0.15, -0.1) is 0 Å². The summed E-state index contributed by atoms with van der Waals surface area (Å²) in [5.74, 6) is 0.421. The highest BCUT2D eigenvalue weighted by atomic mass is 16.7. The molecule has 8 heteroatoms. The molecule has 0 spiro atoms. The Bertz CT molecular complexity index is 1090. The van der Waals surface area contributed by atoms with E-state index in [0.717, 1.165) is 0 Å². The van der Waals surface area contributed by atoms with Gasteiger partial charge in [-0.1, -0.05) is 13.0 Å². The summed E-state index contributed by atoms with van der Waals surface area (Å²) in [5, 5.41) is 11.2. The topological polar surface area (TPSA) is 94.5 Å². The van der Waals surface area contributed by atoms with Gasteiger partial charge >= 0.3 is 0 Å². The van der Waals surface area contributed by atoms with Gasteiger partial charge in [-0.25, -0.2) is 0 Å². The first-order valence-electron chi connectivity index (χ1n) is 10.5. The predicted molar refractivity (Wildman–Crippen MR) is 116 cm³/mol. The van der Waals surface area contributed by atoms with E-state index in [2.05, 4.69) is 0 Å². The molecule has 2 aliphatic heterocycles. The maximum absolute atomic E-state index is 13.0. The summed E-state index contributed by atoms with van der Waals surface area (Å²) < 4.78 is 21.8. The van der Waals surface area contributed by atoms with Crippen molar-refractivity contribution in [3.05, 3.63) is 53.1 Å². The Morgan fingerprint density at radius 3 is 2.59 bits per heavy atom. The fraction of sp³-hybridized carbons (Fsp3) is 0.333. The summed E-state index contributed by atoms with van der Waals surface area (Å²) in [4.78, 5) is 27.4. The average Bonchev–Trinajstić information content (AvgIpc) is 3.37. The minimum absolute atomic E-state index is 0.0218. The van der Waals surface area contributed by atoms with Gasteiger partial charge in [0.05, 0.1) is 25.3 Å². The second kappa shape index (κ2) is 8.82. The minimum Gasteiger partial charge on any atom is -0.507 e. The van der Waals surface area contributed by atoms with E-state index in [-0.39, 0.29) is 18.1 Å². The number of carbonyl (C=O) groups excluding carboxylic acids is 2. The van der Waals surface area contributed by atoms with Gasteiger partial charge in [0, 0.05) is 12.1 Å². The smallest absolute Gasteiger partial charge is 0.295 e. The van der Waals surface area contributed by atoms with Crippen LogP contribution in [-0.2, 0) is 9.59 Å². The van der Waals surface area contributed by atoms with E-state index in [9.17, 15) is 14.7 Å². The van der Waals surface area contributed by atoms with Gasteiger partial charge in [0.1, 0.15) is 5.76 Å². The fourth-order valence-electron chi connectivity index (χ4n) is 4.03. The Hall–Kier alpha value is -3.68. The largest absolute Gasteiger partial charge is 0.507 e. The van der Waals surface area contributed by atoms with Crippen molar-refractivity contribution in [2.24, 2.45) is 0 Å². The fourth-order valence-corrected chi connectivity index (χ4v) is 4.03. The zero-order chi connectivity index (χ0) is 22.8. The van der Waals surface area contributed by atoms with Crippen molar-refractivity contribution in [1.29, 1.82) is 0 Å². The van der Waals surface area contributed by atoms with E-state index in [1.165, 1.54) is 12.0 Å². The molecule has 0 aliphatic carbocycles. The lowest BCUT2D eigenvalue weighted by Crippen LogP contribution is -2.30. The summed E-state index contributed by atoms with van der Waals surface area (Å²) in [6.45, 7) is 4.71. The Kier molecular flexibility index (Phi) is 5.94. The number of aliphatic hydroxyl groups is 1. The maximum Gasteiger partial charge on any atom is 0.295 e. The molecule has 8 nitrogen and oxygen atoms in total. The third-order valence-corrected chi connectivity index (χ3v) is 5.45. The lowest BCUT2D eigenvalue weighted by Gasteiger charge is -2.25. The van der Waals surface area contributed by atoms with Gasteiger partial charge in [-0.3, -0.25) is 9.59 Å². The quantitative estimate of drug-likeness (QED) is 0.400. The van der Waals surface area contributed by atoms with Crippen LogP contribution in [0.25, 0.3) is 5.76 Å². The molecule has 0 saturated carbocycles. The monoisotopic (exact) mass is 439 g/mol. The van der Waals surface area contributed by atoms with Crippen LogP contribution < -0.4 is 18.9 Å². The second-order valence-corrected chi connectivity index (χ2v) is 7.40. The van der Waals surface area contributed by atoms with Crippen LogP contribution in [0, 0.1) is 0 Å². The molecule has 1 fully saturated rings. The number of hydrogen-bond donors (Lipinski definition) is 1. The maximum atomic E-state index is 13.0. The van der Waals surface area contributed by atoms with Crippen LogP contribution in [0.15, 0.2) is 42.0 Å². The number of Topliss-reactive ketones (excluding diaryl/α,β-unsaturated/α-hetero) is 1. The highest BCUT2D eigenvalue weighted by Crippen LogP contribution is 2.43. The number of aliphatic hydroxyl groups excluding tert-OH is 1. The normalized spacial score (nSPS) is 18.8. The van der Waals surface area contributed by atoms with Crippen LogP contribution >= 0.6 is 0 Å². The van der Waals surface area contributed by atoms with E-state index >= 15 is 0 Å². The van der Waals surface area contributed by atoms with Crippen LogP contribution in [0.5, 0.6) is 23.0 Å². The number of benzene rings is 2. The van der Waals surface area contributed by atoms with E-state index in [1.54, 1.807) is 36.4 Å². The summed E-state index contributed by atoms with van der Waals surface area (Å²) in [6, 6.07) is 9.38. The van der Waals surface area contributed by atoms with Crippen LogP contribution in [0.4, 0.5) is 0 Å². The summed E-state index contributed by atoms with van der Waals surface area (Å²) in [7, 11) is 1.53. The van der Waals surface area contributed by atoms with Crippen molar-refractivity contribution in [2.45, 2.75) is 26.3 Å². The number of rotatable bonds is 7. The van der Waals surface area contributed by atoms with Crippen molar-refractivity contribution in [3.8, 4) is 23.0 Å². The van der Waals surface area contributed by atoms with Crippen molar-refractivity contribution in [2.75, 3.05) is 27.1 Å². The van der Waals surface area contributed by atoms with E-state index in [0.29, 0.717) is 53.7 Å². The number of nitrogens with zero attached hydrogens (tertiary/aromatic N) is 1. The highest BCUT2D eigenvalue weighted by Gasteiger charge is 2.46. The number of carbonyl (C=O) groups is 2. The number of ether oxygens (including phenoxy) is 4. The van der Waals surface area contributed by atoms with Gasteiger partial charge < -0.3 is 29.0 Å². The number of ketones is 1. The van der Waals surface area contributed by atoms with Crippen molar-refractivity contribution in [1.82, 2.24) is 4.90 Å². The van der Waals surface area contributed by atoms with Crippen LogP contribution in [0.2, 0.25) is 0 Å². The minimum atomic E-state index is -0.759. The number of fused-ring (bicyclic) bond motifs is 1. The van der Waals surface area contributed by atoms with Gasteiger partial charge in [0.15, 0.2) is 23.0 Å². The van der Waals surface area contributed by atoms with Crippen LogP contribution in [0.3, 0.4) is 0 Å². The molecule has 0 bridgehead atoms. The number of hydrogen-bond acceptors (Lipinski definition) is 7. The Morgan fingerprint density at radius 1 is 1.09 bits per heavy atom. The zero-order valence-corrected chi connectivity index (χ0v) is 18.2. The van der Waals surface area contributed by atoms with E-state index in [4.69, 9.17) is 18.9 Å². The number of amides is 1. The standard InChI is InChI=1S/C24H25NO7/c1-4-10-25-21(14-6-8-16(30-5-2)18(11-14)29-3)20(23(27)24(25)28)22(26)15-7-9-17-19(12-15)32-13-31-17/h6-9,11-12,21,26H,4-5,10,13H2,1-3H3/b22-20+. The van der Waals surface area contributed by atoms with E-state index in [1.807, 2.05) is 13.8 Å². The molecule has 4 rings (SSSR count). The van der Waals surface area contributed by atoms with Gasteiger partial charge in [0.2, 0.25) is 6.79 Å². The molecule has 1 saturated heterocycles. The number of likely N-dealkylation sites (tertiary alicyclic amines) is 1. The van der Waals surface area contributed by atoms with Gasteiger partial charge in [-0.05, 0) is 49.2 Å². The molecular weight excluding hydrogens is 414 g/mol. The van der Waals surface area contributed by atoms with Crippen LogP contribution in [0.1, 0.15) is 37.4 Å². The molecule has 1 N–H and O–H groups in total. The molecule has 2 heterocycles. The number of methoxy groups -OCH3 is 1. The zero-order valence-electron chi connectivity index (χ0n) is 18.2. The molecule has 2 aliphatic rings. The third-order valence-electron chi connectivity index (χ3n) is 5.45. The molecule has 1 atom stereocenters. The Balaban J connectivity index is 1.85. The van der Waals surface area contributed by atoms with Gasteiger partial charge in [-0.2, -0.15) is 0 Å². The molecule has 0 radical (unpaired) electrons. The summed E-state index contributed by atoms with van der Waals surface area (Å²) >= 11 is 0. The van der Waals surface area contributed by atoms with Gasteiger partial charge in [0.25, 0.3) is 11.7 Å². The molecule has 32 heavy (non-hydrogen) atoms. The SMILES string of the molecule is CCCN1C(=O)C(=O)/C(=C(/O)c2ccc3c(c2)OCO3)C1c1ccc(OCC)c(OC)c1. The van der Waals surface area contributed by atoms with Crippen LogP contribution in [-0.4, -0.2) is 48.8 Å². The molecule has 2 aromatic rings. The second-order valence-electron chi connectivity index (χ2n) is 7.40. The molecule has 0 aromatic heterocycles. The molecule has 2 aromatic carbocycles. The molecule has 1 unspecified atom stereocenters. The summed E-state index contributed by atoms with van der Waals surface area (Å²) in [6.07, 6.45) is 0.655. The Morgan fingerprint density at radius 2 is 1.88 bits per heavy atom. The lowest BCUT2D eigenvalue weighted by atomic mass is 9.94. The average molecular weight is 439 g/mol. The molecular formula is C24H25NO7. The predicted octanol–water partition coefficient (Wildman–Crippen LogP) is 3.65.